The number of hydrogen-bond acceptors (Lipinski definition) is 3. The zero-order valence-electron chi connectivity index (χ0n) is 9.97. The summed E-state index contributed by atoms with van der Waals surface area (Å²) in [5.41, 5.74) is 0.730. The summed E-state index contributed by atoms with van der Waals surface area (Å²) >= 11 is 0. The van der Waals surface area contributed by atoms with E-state index in [-0.39, 0.29) is 11.6 Å². The van der Waals surface area contributed by atoms with Crippen molar-refractivity contribution < 1.29 is 0 Å². The number of pyridine rings is 1. The van der Waals surface area contributed by atoms with Crippen LogP contribution in [0.25, 0.3) is 0 Å². The highest BCUT2D eigenvalue weighted by Crippen LogP contribution is 2.16. The average Bonchev–Trinajstić information content (AvgIpc) is 2.72. The Kier molecular flexibility index (Phi) is 3.39. The van der Waals surface area contributed by atoms with Crippen LogP contribution in [0.4, 0.5) is 0 Å². The molecule has 0 radical (unpaired) electrons. The normalized spacial score (nSPS) is 12.6. The lowest BCUT2D eigenvalue weighted by atomic mass is 10.1. The number of aromatic amines is 1. The van der Waals surface area contributed by atoms with Crippen LogP contribution in [-0.4, -0.2) is 21.1 Å². The average molecular weight is 232 g/mol. The van der Waals surface area contributed by atoms with Crippen molar-refractivity contribution in [3.05, 3.63) is 52.5 Å². The number of rotatable bonds is 4. The van der Waals surface area contributed by atoms with E-state index in [2.05, 4.69) is 15.3 Å². The van der Waals surface area contributed by atoms with Crippen LogP contribution in [0.1, 0.15) is 24.5 Å². The van der Waals surface area contributed by atoms with Gasteiger partial charge in [0.05, 0.1) is 0 Å². The van der Waals surface area contributed by atoms with Gasteiger partial charge in [0.25, 0.3) is 0 Å². The van der Waals surface area contributed by atoms with E-state index >= 15 is 0 Å². The van der Waals surface area contributed by atoms with E-state index in [0.29, 0.717) is 0 Å². The SMILES string of the molecule is CCNC(c1cccc(=O)[nH]1)c1nccn1C. The van der Waals surface area contributed by atoms with Gasteiger partial charge in [0.15, 0.2) is 0 Å². The van der Waals surface area contributed by atoms with Gasteiger partial charge in [0, 0.05) is 31.2 Å². The van der Waals surface area contributed by atoms with Crippen molar-refractivity contribution in [1.29, 1.82) is 0 Å². The van der Waals surface area contributed by atoms with Gasteiger partial charge in [0.1, 0.15) is 11.9 Å². The van der Waals surface area contributed by atoms with Crippen LogP contribution >= 0.6 is 0 Å². The molecule has 2 rings (SSSR count). The van der Waals surface area contributed by atoms with Crippen molar-refractivity contribution in [3.8, 4) is 0 Å². The fourth-order valence-electron chi connectivity index (χ4n) is 1.83. The zero-order valence-corrected chi connectivity index (χ0v) is 9.97. The molecular weight excluding hydrogens is 216 g/mol. The topological polar surface area (TPSA) is 62.7 Å². The first kappa shape index (κ1) is 11.6. The molecule has 1 unspecified atom stereocenters. The van der Waals surface area contributed by atoms with E-state index in [9.17, 15) is 4.79 Å². The monoisotopic (exact) mass is 232 g/mol. The van der Waals surface area contributed by atoms with Gasteiger partial charge in [-0.25, -0.2) is 4.98 Å². The van der Waals surface area contributed by atoms with Crippen LogP contribution < -0.4 is 10.9 Å². The Bertz CT molecular complexity index is 543. The van der Waals surface area contributed by atoms with Crippen molar-refractivity contribution in [2.45, 2.75) is 13.0 Å². The Morgan fingerprint density at radius 2 is 2.35 bits per heavy atom. The number of H-pyrrole nitrogens is 1. The third kappa shape index (κ3) is 2.45. The molecule has 1 atom stereocenters. The molecule has 0 spiro atoms. The Hall–Kier alpha value is -1.88. The van der Waals surface area contributed by atoms with Crippen molar-refractivity contribution in [1.82, 2.24) is 19.9 Å². The minimum atomic E-state index is -0.0976. The highest BCUT2D eigenvalue weighted by molar-refractivity contribution is 5.18. The molecule has 90 valence electrons. The fourth-order valence-corrected chi connectivity index (χ4v) is 1.83. The minimum absolute atomic E-state index is 0.0890. The van der Waals surface area contributed by atoms with E-state index < -0.39 is 0 Å². The van der Waals surface area contributed by atoms with Crippen molar-refractivity contribution >= 4 is 0 Å². The smallest absolute Gasteiger partial charge is 0.248 e. The molecule has 2 aromatic heterocycles. The minimum Gasteiger partial charge on any atom is -0.336 e. The molecule has 5 heteroatoms. The largest absolute Gasteiger partial charge is 0.336 e. The second-order valence-electron chi connectivity index (χ2n) is 3.86. The summed E-state index contributed by atoms with van der Waals surface area (Å²) in [7, 11) is 1.94. The summed E-state index contributed by atoms with van der Waals surface area (Å²) in [4.78, 5) is 18.5. The lowest BCUT2D eigenvalue weighted by Crippen LogP contribution is -2.27. The predicted molar refractivity (Wildman–Crippen MR) is 65.8 cm³/mol. The number of nitrogens with one attached hydrogen (secondary N) is 2. The Balaban J connectivity index is 2.42. The van der Waals surface area contributed by atoms with Crippen LogP contribution in [0.5, 0.6) is 0 Å². The molecule has 0 fully saturated rings. The van der Waals surface area contributed by atoms with Gasteiger partial charge in [-0.3, -0.25) is 4.79 Å². The van der Waals surface area contributed by atoms with Gasteiger partial charge in [-0.05, 0) is 12.6 Å². The molecule has 0 amide bonds. The molecule has 0 saturated heterocycles. The van der Waals surface area contributed by atoms with Crippen LogP contribution in [0, 0.1) is 0 Å². The standard InChI is InChI=1S/C12H16N4O/c1-3-13-11(12-14-7-8-16(12)2)9-5-4-6-10(17)15-9/h4-8,11,13H,3H2,1-2H3,(H,15,17). The summed E-state index contributed by atoms with van der Waals surface area (Å²) in [5.74, 6) is 0.883. The molecule has 2 N–H and O–H groups in total. The third-order valence-corrected chi connectivity index (χ3v) is 2.63. The third-order valence-electron chi connectivity index (χ3n) is 2.63. The number of hydrogen-bond donors (Lipinski definition) is 2. The summed E-state index contributed by atoms with van der Waals surface area (Å²) in [5, 5.41) is 3.32. The van der Waals surface area contributed by atoms with Gasteiger partial charge < -0.3 is 14.9 Å². The van der Waals surface area contributed by atoms with Crippen molar-refractivity contribution in [2.24, 2.45) is 7.05 Å². The van der Waals surface area contributed by atoms with Gasteiger partial charge in [0.2, 0.25) is 5.56 Å². The predicted octanol–water partition coefficient (Wildman–Crippen LogP) is 0.807. The molecule has 0 aliphatic rings. The second kappa shape index (κ2) is 4.97. The molecule has 2 aromatic rings. The number of aryl methyl sites for hydroxylation is 1. The summed E-state index contributed by atoms with van der Waals surface area (Å²) in [6, 6.07) is 5.06. The van der Waals surface area contributed by atoms with Crippen LogP contribution in [0.3, 0.4) is 0 Å². The Morgan fingerprint density at radius 1 is 1.53 bits per heavy atom. The first-order chi connectivity index (χ1) is 8.22. The highest BCUT2D eigenvalue weighted by atomic mass is 16.1. The summed E-state index contributed by atoms with van der Waals surface area (Å²) in [6.07, 6.45) is 3.64. The second-order valence-corrected chi connectivity index (χ2v) is 3.86. The van der Waals surface area contributed by atoms with Crippen LogP contribution in [0.15, 0.2) is 35.4 Å². The van der Waals surface area contributed by atoms with Gasteiger partial charge in [-0.1, -0.05) is 13.0 Å². The first-order valence-electron chi connectivity index (χ1n) is 5.62. The highest BCUT2D eigenvalue weighted by Gasteiger charge is 2.17. The molecule has 17 heavy (non-hydrogen) atoms. The number of imidazole rings is 1. The maximum absolute atomic E-state index is 11.3. The number of aromatic nitrogens is 3. The van der Waals surface area contributed by atoms with Crippen molar-refractivity contribution in [2.75, 3.05) is 6.54 Å². The van der Waals surface area contributed by atoms with Crippen LogP contribution in [0.2, 0.25) is 0 Å². The zero-order chi connectivity index (χ0) is 12.3. The van der Waals surface area contributed by atoms with E-state index in [0.717, 1.165) is 18.1 Å². The molecule has 0 bridgehead atoms. The maximum atomic E-state index is 11.3. The molecule has 5 nitrogen and oxygen atoms in total. The van der Waals surface area contributed by atoms with E-state index in [1.807, 2.05) is 30.8 Å². The van der Waals surface area contributed by atoms with Gasteiger partial charge in [-0.2, -0.15) is 0 Å². The quantitative estimate of drug-likeness (QED) is 0.820. The summed E-state index contributed by atoms with van der Waals surface area (Å²) < 4.78 is 1.94. The van der Waals surface area contributed by atoms with E-state index in [1.54, 1.807) is 12.3 Å². The fraction of sp³-hybridized carbons (Fsp3) is 0.333. The molecule has 0 aliphatic heterocycles. The van der Waals surface area contributed by atoms with Crippen molar-refractivity contribution in [3.63, 3.8) is 0 Å². The Morgan fingerprint density at radius 3 is 2.94 bits per heavy atom. The lowest BCUT2D eigenvalue weighted by Gasteiger charge is -2.17. The molecule has 2 heterocycles. The lowest BCUT2D eigenvalue weighted by molar-refractivity contribution is 0.563. The van der Waals surface area contributed by atoms with E-state index in [1.165, 1.54) is 6.07 Å². The number of nitrogens with zero attached hydrogens (tertiary/aromatic N) is 2. The van der Waals surface area contributed by atoms with Crippen LogP contribution in [-0.2, 0) is 7.05 Å². The molecule has 0 aromatic carbocycles. The molecular formula is C12H16N4O. The first-order valence-corrected chi connectivity index (χ1v) is 5.62. The summed E-state index contributed by atoms with van der Waals surface area (Å²) in [6.45, 7) is 2.82. The molecule has 0 saturated carbocycles. The molecule has 0 aliphatic carbocycles. The van der Waals surface area contributed by atoms with E-state index in [4.69, 9.17) is 0 Å². The van der Waals surface area contributed by atoms with Gasteiger partial charge >= 0.3 is 0 Å². The Labute approximate surface area is 99.5 Å². The van der Waals surface area contributed by atoms with Gasteiger partial charge in [-0.15, -0.1) is 0 Å². The maximum Gasteiger partial charge on any atom is 0.248 e.